The molecule has 0 spiro atoms. The molecular weight excluding hydrogens is 268 g/mol. The van der Waals surface area contributed by atoms with Crippen molar-refractivity contribution in [3.05, 3.63) is 84.4 Å². The second-order valence-corrected chi connectivity index (χ2v) is 5.93. The predicted molar refractivity (Wildman–Crippen MR) is 93.2 cm³/mol. The third-order valence-corrected chi connectivity index (χ3v) is 4.28. The van der Waals surface area contributed by atoms with Gasteiger partial charge < -0.3 is 0 Å². The summed E-state index contributed by atoms with van der Waals surface area (Å²) >= 11 is 0. The summed E-state index contributed by atoms with van der Waals surface area (Å²) in [6, 6.07) is 19.8. The summed E-state index contributed by atoms with van der Waals surface area (Å²) in [6.45, 7) is 5.84. The van der Waals surface area contributed by atoms with Gasteiger partial charge in [-0.1, -0.05) is 73.2 Å². The maximum absolute atomic E-state index is 13.1. The number of ketones is 1. The molecule has 0 radical (unpaired) electrons. The van der Waals surface area contributed by atoms with Gasteiger partial charge in [-0.2, -0.15) is 0 Å². The van der Waals surface area contributed by atoms with Crippen LogP contribution < -0.4 is 0 Å². The molecule has 2 aromatic rings. The first-order valence-electron chi connectivity index (χ1n) is 7.95. The molecule has 0 fully saturated rings. The second-order valence-electron chi connectivity index (χ2n) is 5.93. The van der Waals surface area contributed by atoms with E-state index in [1.807, 2.05) is 54.6 Å². The predicted octanol–water partition coefficient (Wildman–Crippen LogP) is 5.57. The molecule has 1 atom stereocenters. The average molecular weight is 292 g/mol. The Balaban J connectivity index is 2.29. The zero-order chi connectivity index (χ0) is 15.8. The highest BCUT2D eigenvalue weighted by Gasteiger charge is 2.34. The van der Waals surface area contributed by atoms with Crippen LogP contribution in [0.4, 0.5) is 0 Å². The monoisotopic (exact) mass is 292 g/mol. The Hall–Kier alpha value is -2.15. The minimum Gasteiger partial charge on any atom is -0.293 e. The molecule has 1 unspecified atom stereocenters. The van der Waals surface area contributed by atoms with Crippen LogP contribution in [0.5, 0.6) is 0 Å². The molecule has 1 heteroatoms. The number of benzene rings is 2. The lowest BCUT2D eigenvalue weighted by molar-refractivity contribution is 0.0885. The Morgan fingerprint density at radius 3 is 2.18 bits per heavy atom. The van der Waals surface area contributed by atoms with Crippen LogP contribution in [0, 0.1) is 0 Å². The van der Waals surface area contributed by atoms with E-state index in [1.165, 1.54) is 0 Å². The van der Waals surface area contributed by atoms with E-state index in [0.717, 1.165) is 36.8 Å². The largest absolute Gasteiger partial charge is 0.293 e. The maximum atomic E-state index is 13.1. The van der Waals surface area contributed by atoms with E-state index in [-0.39, 0.29) is 5.78 Å². The average Bonchev–Trinajstić information content (AvgIpc) is 2.59. The molecule has 0 N–H and O–H groups in total. The van der Waals surface area contributed by atoms with Crippen molar-refractivity contribution in [3.63, 3.8) is 0 Å². The Bertz CT molecular complexity index is 600. The zero-order valence-corrected chi connectivity index (χ0v) is 13.3. The van der Waals surface area contributed by atoms with Crippen LogP contribution in [0.1, 0.15) is 48.5 Å². The van der Waals surface area contributed by atoms with Gasteiger partial charge in [-0.15, -0.1) is 6.58 Å². The van der Waals surface area contributed by atoms with Crippen LogP contribution in [0.25, 0.3) is 0 Å². The first-order valence-corrected chi connectivity index (χ1v) is 7.95. The van der Waals surface area contributed by atoms with Gasteiger partial charge in [-0.3, -0.25) is 4.79 Å². The van der Waals surface area contributed by atoms with Crippen molar-refractivity contribution in [2.24, 2.45) is 0 Å². The van der Waals surface area contributed by atoms with Gasteiger partial charge in [0, 0.05) is 5.56 Å². The van der Waals surface area contributed by atoms with E-state index in [1.54, 1.807) is 0 Å². The smallest absolute Gasteiger partial charge is 0.173 e. The Morgan fingerprint density at radius 2 is 1.59 bits per heavy atom. The molecule has 0 heterocycles. The van der Waals surface area contributed by atoms with Crippen LogP contribution >= 0.6 is 0 Å². The van der Waals surface area contributed by atoms with Crippen molar-refractivity contribution >= 4 is 5.78 Å². The highest BCUT2D eigenvalue weighted by atomic mass is 16.1. The van der Waals surface area contributed by atoms with E-state index in [0.29, 0.717) is 0 Å². The van der Waals surface area contributed by atoms with E-state index in [4.69, 9.17) is 0 Å². The number of carbonyl (C=O) groups excluding carboxylic acids is 1. The third-order valence-electron chi connectivity index (χ3n) is 4.28. The Kier molecular flexibility index (Phi) is 5.71. The molecule has 0 bridgehead atoms. The third kappa shape index (κ3) is 3.73. The molecule has 2 rings (SSSR count). The fourth-order valence-electron chi connectivity index (χ4n) is 2.87. The molecule has 0 aliphatic carbocycles. The van der Waals surface area contributed by atoms with Gasteiger partial charge >= 0.3 is 0 Å². The summed E-state index contributed by atoms with van der Waals surface area (Å²) in [4.78, 5) is 13.1. The van der Waals surface area contributed by atoms with Crippen LogP contribution in [-0.4, -0.2) is 5.78 Å². The summed E-state index contributed by atoms with van der Waals surface area (Å²) in [5.41, 5.74) is 1.42. The van der Waals surface area contributed by atoms with E-state index in [2.05, 4.69) is 25.6 Å². The lowest BCUT2D eigenvalue weighted by Gasteiger charge is -2.29. The number of hydrogen-bond acceptors (Lipinski definition) is 1. The summed E-state index contributed by atoms with van der Waals surface area (Å²) in [5.74, 6) is 0.206. The van der Waals surface area contributed by atoms with Gasteiger partial charge in [-0.25, -0.2) is 0 Å². The van der Waals surface area contributed by atoms with Gasteiger partial charge in [0.25, 0.3) is 0 Å². The van der Waals surface area contributed by atoms with Crippen LogP contribution in [0.2, 0.25) is 0 Å². The standard InChI is InChI=1S/C21H24O/c1-3-4-5-12-17-21(2,19-15-10-7-11-16-19)20(22)18-13-8-6-9-14-18/h3,6-11,13-16H,1,4-5,12,17H2,2H3. The van der Waals surface area contributed by atoms with Gasteiger partial charge in [0.1, 0.15) is 0 Å². The van der Waals surface area contributed by atoms with Crippen molar-refractivity contribution in [2.45, 2.75) is 38.0 Å². The number of carbonyl (C=O) groups is 1. The van der Waals surface area contributed by atoms with E-state index in [9.17, 15) is 4.79 Å². The number of allylic oxidation sites excluding steroid dienone is 1. The molecule has 0 amide bonds. The lowest BCUT2D eigenvalue weighted by atomic mass is 9.72. The molecule has 0 aliphatic rings. The van der Waals surface area contributed by atoms with Crippen LogP contribution in [-0.2, 0) is 5.41 Å². The topological polar surface area (TPSA) is 17.1 Å². The number of hydrogen-bond donors (Lipinski definition) is 0. The molecule has 0 saturated carbocycles. The van der Waals surface area contributed by atoms with Gasteiger partial charge in [0.15, 0.2) is 5.78 Å². The molecule has 0 aliphatic heterocycles. The first-order chi connectivity index (χ1) is 10.7. The SMILES string of the molecule is C=CCCCCC(C)(C(=O)c1ccccc1)c1ccccc1. The quantitative estimate of drug-likeness (QED) is 0.353. The van der Waals surface area contributed by atoms with Gasteiger partial charge in [0.2, 0.25) is 0 Å². The highest BCUT2D eigenvalue weighted by Crippen LogP contribution is 2.33. The molecule has 22 heavy (non-hydrogen) atoms. The fourth-order valence-corrected chi connectivity index (χ4v) is 2.87. The maximum Gasteiger partial charge on any atom is 0.173 e. The first kappa shape index (κ1) is 16.2. The van der Waals surface area contributed by atoms with Gasteiger partial charge in [-0.05, 0) is 31.7 Å². The van der Waals surface area contributed by atoms with E-state index >= 15 is 0 Å². The molecule has 1 nitrogen and oxygen atoms in total. The van der Waals surface area contributed by atoms with Gasteiger partial charge in [0.05, 0.1) is 5.41 Å². The highest BCUT2D eigenvalue weighted by molar-refractivity contribution is 6.03. The molecule has 0 saturated heterocycles. The minimum absolute atomic E-state index is 0.206. The zero-order valence-electron chi connectivity index (χ0n) is 13.3. The Labute approximate surface area is 133 Å². The molecule has 114 valence electrons. The second kappa shape index (κ2) is 7.74. The molecule has 2 aromatic carbocycles. The normalized spacial score (nSPS) is 13.3. The van der Waals surface area contributed by atoms with Crippen molar-refractivity contribution in [1.82, 2.24) is 0 Å². The summed E-state index contributed by atoms with van der Waals surface area (Å²) in [6.07, 6.45) is 5.91. The summed E-state index contributed by atoms with van der Waals surface area (Å²) in [5, 5.41) is 0. The van der Waals surface area contributed by atoms with Crippen molar-refractivity contribution in [2.75, 3.05) is 0 Å². The van der Waals surface area contributed by atoms with Crippen molar-refractivity contribution in [3.8, 4) is 0 Å². The summed E-state index contributed by atoms with van der Waals surface area (Å²) in [7, 11) is 0. The number of unbranched alkanes of at least 4 members (excludes halogenated alkanes) is 2. The molecular formula is C21H24O. The summed E-state index contributed by atoms with van der Waals surface area (Å²) < 4.78 is 0. The molecule has 0 aromatic heterocycles. The van der Waals surface area contributed by atoms with E-state index < -0.39 is 5.41 Å². The van der Waals surface area contributed by atoms with Crippen LogP contribution in [0.3, 0.4) is 0 Å². The number of Topliss-reactive ketones (excluding diaryl/α,β-unsaturated/α-hetero) is 1. The fraction of sp³-hybridized carbons (Fsp3) is 0.286. The lowest BCUT2D eigenvalue weighted by Crippen LogP contribution is -2.32. The minimum atomic E-state index is -0.468. The van der Waals surface area contributed by atoms with Crippen LogP contribution in [0.15, 0.2) is 73.3 Å². The number of rotatable bonds is 8. The van der Waals surface area contributed by atoms with Crippen molar-refractivity contribution < 1.29 is 4.79 Å². The van der Waals surface area contributed by atoms with Crippen molar-refractivity contribution in [1.29, 1.82) is 0 Å². The Morgan fingerprint density at radius 1 is 1.00 bits per heavy atom.